The number of hydrogen-bond donors (Lipinski definition) is 0. The van der Waals surface area contributed by atoms with Crippen LogP contribution >= 0.6 is 0 Å². The van der Waals surface area contributed by atoms with Crippen molar-refractivity contribution in [3.8, 4) is 0 Å². The molecule has 0 amide bonds. The van der Waals surface area contributed by atoms with Crippen LogP contribution in [0.4, 0.5) is 0 Å². The van der Waals surface area contributed by atoms with Crippen LogP contribution in [0.3, 0.4) is 0 Å². The Bertz CT molecular complexity index is 170. The van der Waals surface area contributed by atoms with Gasteiger partial charge in [-0.25, -0.2) is 0 Å². The maximum absolute atomic E-state index is 6.10. The minimum absolute atomic E-state index is 0.600. The highest BCUT2D eigenvalue weighted by Crippen LogP contribution is 2.18. The lowest BCUT2D eigenvalue weighted by atomic mass is 10.2. The molecule has 0 spiro atoms. The van der Waals surface area contributed by atoms with E-state index < -0.39 is 17.4 Å². The Morgan fingerprint density at radius 2 is 1.31 bits per heavy atom. The second-order valence-corrected chi connectivity index (χ2v) is 13.4. The maximum atomic E-state index is 6.10. The highest BCUT2D eigenvalue weighted by molar-refractivity contribution is 6.80. The molecule has 0 aliphatic rings. The van der Waals surface area contributed by atoms with Gasteiger partial charge >= 0.3 is 8.56 Å². The van der Waals surface area contributed by atoms with Crippen molar-refractivity contribution in [2.45, 2.75) is 53.0 Å². The highest BCUT2D eigenvalue weighted by atomic mass is 28.4. The largest absolute Gasteiger partial charge is 0.394 e. The van der Waals surface area contributed by atoms with E-state index in [1.807, 2.05) is 0 Å². The van der Waals surface area contributed by atoms with Gasteiger partial charge in [0, 0.05) is 22.0 Å². The van der Waals surface area contributed by atoms with Crippen LogP contribution in [-0.2, 0) is 8.85 Å². The van der Waals surface area contributed by atoms with Crippen molar-refractivity contribution in [3.63, 3.8) is 0 Å². The second kappa shape index (κ2) is 7.64. The summed E-state index contributed by atoms with van der Waals surface area (Å²) in [6.45, 7) is 17.5. The van der Waals surface area contributed by atoms with Crippen LogP contribution in [0.2, 0.25) is 25.3 Å². The summed E-state index contributed by atoms with van der Waals surface area (Å²) in [7, 11) is -2.49. The second-order valence-electron chi connectivity index (χ2n) is 6.14. The Kier molecular flexibility index (Phi) is 7.80. The Labute approximate surface area is 105 Å². The zero-order chi connectivity index (χ0) is 12.8. The first-order chi connectivity index (χ1) is 7.25. The Morgan fingerprint density at radius 1 is 0.938 bits per heavy atom. The molecule has 0 unspecified atom stereocenters. The predicted octanol–water partition coefficient (Wildman–Crippen LogP) is 3.43. The summed E-state index contributed by atoms with van der Waals surface area (Å²) in [5, 5.41) is 0. The van der Waals surface area contributed by atoms with E-state index in [0.29, 0.717) is 11.8 Å². The van der Waals surface area contributed by atoms with Crippen LogP contribution in [0.25, 0.3) is 0 Å². The molecule has 0 fully saturated rings. The maximum Gasteiger partial charge on any atom is 0.331 e. The monoisotopic (exact) mass is 262 g/mol. The molecule has 0 rings (SSSR count). The molecule has 0 aliphatic carbocycles. The molecule has 16 heavy (non-hydrogen) atoms. The van der Waals surface area contributed by atoms with Gasteiger partial charge in [-0.05, 0) is 24.1 Å². The van der Waals surface area contributed by atoms with Crippen molar-refractivity contribution >= 4 is 17.4 Å². The molecular formula is C12H30O2Si2. The van der Waals surface area contributed by atoms with Crippen LogP contribution < -0.4 is 0 Å². The zero-order valence-electron chi connectivity index (χ0n) is 12.2. The topological polar surface area (TPSA) is 18.5 Å². The lowest BCUT2D eigenvalue weighted by Crippen LogP contribution is -2.43. The molecule has 0 aliphatic heterocycles. The SMILES string of the molecule is CC(C)CO[Si](C)(C[SiH](C)C)OCC(C)C. The summed E-state index contributed by atoms with van der Waals surface area (Å²) in [4.78, 5) is 0. The first-order valence-electron chi connectivity index (χ1n) is 6.53. The minimum Gasteiger partial charge on any atom is -0.394 e. The van der Waals surface area contributed by atoms with Gasteiger partial charge in [0.15, 0.2) is 0 Å². The van der Waals surface area contributed by atoms with Gasteiger partial charge in [-0.1, -0.05) is 40.8 Å². The summed E-state index contributed by atoms with van der Waals surface area (Å²) in [5.74, 6) is 1.20. The lowest BCUT2D eigenvalue weighted by Gasteiger charge is -2.30. The van der Waals surface area contributed by atoms with Gasteiger partial charge in [-0.3, -0.25) is 0 Å². The van der Waals surface area contributed by atoms with Gasteiger partial charge in [0.1, 0.15) is 0 Å². The van der Waals surface area contributed by atoms with Crippen LogP contribution in [-0.4, -0.2) is 30.6 Å². The van der Waals surface area contributed by atoms with Crippen LogP contribution in [0.5, 0.6) is 0 Å². The summed E-state index contributed by atoms with van der Waals surface area (Å²) in [5.41, 5.74) is 1.23. The fourth-order valence-corrected chi connectivity index (χ4v) is 9.92. The molecule has 4 heteroatoms. The van der Waals surface area contributed by atoms with Crippen molar-refractivity contribution in [3.05, 3.63) is 0 Å². The van der Waals surface area contributed by atoms with E-state index in [1.54, 1.807) is 0 Å². The van der Waals surface area contributed by atoms with Crippen molar-refractivity contribution in [1.29, 1.82) is 0 Å². The van der Waals surface area contributed by atoms with Gasteiger partial charge < -0.3 is 8.85 Å². The van der Waals surface area contributed by atoms with Crippen molar-refractivity contribution in [2.75, 3.05) is 13.2 Å². The first-order valence-corrected chi connectivity index (χ1v) is 12.2. The third-order valence-corrected chi connectivity index (χ3v) is 10.0. The standard InChI is InChI=1S/C12H30O2Si2/c1-11(2)8-13-16(7,10-15(5)6)14-9-12(3)4/h11-12,15H,8-10H2,1-7H3. The molecule has 0 atom stereocenters. The molecule has 0 saturated carbocycles. The Balaban J connectivity index is 4.23. The first kappa shape index (κ1) is 16.4. The fourth-order valence-electron chi connectivity index (χ4n) is 1.59. The zero-order valence-corrected chi connectivity index (χ0v) is 14.3. The molecule has 0 aromatic heterocycles. The highest BCUT2D eigenvalue weighted by Gasteiger charge is 2.33. The van der Waals surface area contributed by atoms with Gasteiger partial charge in [0.2, 0.25) is 0 Å². The normalized spacial score (nSPS) is 13.1. The molecule has 0 radical (unpaired) electrons. The van der Waals surface area contributed by atoms with Crippen LogP contribution in [0.1, 0.15) is 27.7 Å². The molecule has 0 aromatic rings. The van der Waals surface area contributed by atoms with E-state index in [9.17, 15) is 0 Å². The smallest absolute Gasteiger partial charge is 0.331 e. The molecule has 2 nitrogen and oxygen atoms in total. The van der Waals surface area contributed by atoms with Crippen molar-refractivity contribution in [2.24, 2.45) is 11.8 Å². The van der Waals surface area contributed by atoms with Crippen LogP contribution in [0, 0.1) is 11.8 Å². The third kappa shape index (κ3) is 8.50. The summed E-state index contributed by atoms with van der Waals surface area (Å²) >= 11 is 0. The van der Waals surface area contributed by atoms with Gasteiger partial charge in [-0.15, -0.1) is 0 Å². The van der Waals surface area contributed by atoms with Crippen molar-refractivity contribution < 1.29 is 8.85 Å². The molecule has 0 heterocycles. The van der Waals surface area contributed by atoms with E-state index in [1.165, 1.54) is 5.67 Å². The average Bonchev–Trinajstić information content (AvgIpc) is 2.11. The van der Waals surface area contributed by atoms with Gasteiger partial charge in [-0.2, -0.15) is 0 Å². The molecular weight excluding hydrogens is 232 g/mol. The quantitative estimate of drug-likeness (QED) is 0.624. The molecule has 0 aromatic carbocycles. The Hall–Kier alpha value is 0.354. The third-order valence-electron chi connectivity index (χ3n) is 2.22. The van der Waals surface area contributed by atoms with Gasteiger partial charge in [0.05, 0.1) is 0 Å². The predicted molar refractivity (Wildman–Crippen MR) is 76.9 cm³/mol. The van der Waals surface area contributed by atoms with E-state index in [0.717, 1.165) is 13.2 Å². The van der Waals surface area contributed by atoms with E-state index in [-0.39, 0.29) is 0 Å². The molecule has 0 bridgehead atoms. The van der Waals surface area contributed by atoms with Crippen molar-refractivity contribution in [1.82, 2.24) is 0 Å². The molecule has 0 saturated heterocycles. The number of rotatable bonds is 8. The lowest BCUT2D eigenvalue weighted by molar-refractivity contribution is 0.146. The summed E-state index contributed by atoms with van der Waals surface area (Å²) < 4.78 is 12.2. The fraction of sp³-hybridized carbons (Fsp3) is 1.00. The van der Waals surface area contributed by atoms with E-state index in [4.69, 9.17) is 8.85 Å². The molecule has 98 valence electrons. The number of hydrogen-bond acceptors (Lipinski definition) is 2. The summed E-state index contributed by atoms with van der Waals surface area (Å²) in [6.07, 6.45) is 0. The van der Waals surface area contributed by atoms with Crippen LogP contribution in [0.15, 0.2) is 0 Å². The molecule has 0 N–H and O–H groups in total. The minimum atomic E-state index is -1.88. The summed E-state index contributed by atoms with van der Waals surface area (Å²) in [6, 6.07) is 0. The Morgan fingerprint density at radius 3 is 1.56 bits per heavy atom. The van der Waals surface area contributed by atoms with E-state index >= 15 is 0 Å². The van der Waals surface area contributed by atoms with E-state index in [2.05, 4.69) is 47.3 Å². The average molecular weight is 263 g/mol. The van der Waals surface area contributed by atoms with Gasteiger partial charge in [0.25, 0.3) is 0 Å².